The maximum absolute atomic E-state index is 12.7. The zero-order valence-corrected chi connectivity index (χ0v) is 23.5. The normalized spacial score (nSPS) is 23.5. The van der Waals surface area contributed by atoms with Gasteiger partial charge in [-0.2, -0.15) is 4.98 Å². The van der Waals surface area contributed by atoms with Gasteiger partial charge in [-0.15, -0.1) is 0 Å². The highest BCUT2D eigenvalue weighted by Gasteiger charge is 2.54. The fraction of sp³-hybridized carbons (Fsp3) is 0.571. The van der Waals surface area contributed by atoms with E-state index in [0.29, 0.717) is 37.8 Å². The van der Waals surface area contributed by atoms with Gasteiger partial charge in [-0.1, -0.05) is 0 Å². The van der Waals surface area contributed by atoms with E-state index in [0.717, 1.165) is 43.8 Å². The average molecular weight is 553 g/mol. The number of piperazine rings is 1. The number of hydrogen-bond acceptors (Lipinski definition) is 8. The van der Waals surface area contributed by atoms with Gasteiger partial charge in [0.1, 0.15) is 17.7 Å². The molecule has 3 fully saturated rings. The van der Waals surface area contributed by atoms with Gasteiger partial charge in [0.2, 0.25) is 5.91 Å². The molecule has 3 amide bonds. The first kappa shape index (κ1) is 28.1. The molecule has 4 atom stereocenters. The Bertz CT molecular complexity index is 1270. The number of fused-ring (bicyclic) bond motifs is 1. The summed E-state index contributed by atoms with van der Waals surface area (Å²) in [5.41, 5.74) is 10.9. The number of aromatic nitrogens is 2. The van der Waals surface area contributed by atoms with Crippen LogP contribution in [0.25, 0.3) is 5.69 Å². The monoisotopic (exact) mass is 552 g/mol. The molecule has 2 saturated heterocycles. The van der Waals surface area contributed by atoms with Gasteiger partial charge in [-0.25, -0.2) is 9.59 Å². The fourth-order valence-corrected chi connectivity index (χ4v) is 5.93. The number of amides is 3. The molecular formula is C28H40N8O4. The second-order valence-corrected chi connectivity index (χ2v) is 11.8. The highest BCUT2D eigenvalue weighted by atomic mass is 16.5. The molecule has 0 radical (unpaired) electrons. The summed E-state index contributed by atoms with van der Waals surface area (Å²) in [7, 11) is 0. The van der Waals surface area contributed by atoms with Crippen LogP contribution in [0.4, 0.5) is 10.6 Å². The summed E-state index contributed by atoms with van der Waals surface area (Å²) in [5.74, 6) is 3.00. The van der Waals surface area contributed by atoms with E-state index in [4.69, 9.17) is 16.2 Å². The fourth-order valence-electron chi connectivity index (χ4n) is 5.93. The number of carbonyl (C=O) groups excluding carboxylic acids is 2. The maximum Gasteiger partial charge on any atom is 0.354 e. The van der Waals surface area contributed by atoms with E-state index in [1.165, 1.54) is 4.57 Å². The van der Waals surface area contributed by atoms with Crippen LogP contribution in [0.3, 0.4) is 0 Å². The van der Waals surface area contributed by atoms with Gasteiger partial charge < -0.3 is 26.0 Å². The van der Waals surface area contributed by atoms with Gasteiger partial charge in [0.05, 0.1) is 11.2 Å². The van der Waals surface area contributed by atoms with Gasteiger partial charge in [0, 0.05) is 52.0 Å². The summed E-state index contributed by atoms with van der Waals surface area (Å²) >= 11 is 0. The first-order valence-corrected chi connectivity index (χ1v) is 14.0. The van der Waals surface area contributed by atoms with Crippen LogP contribution >= 0.6 is 0 Å². The van der Waals surface area contributed by atoms with Gasteiger partial charge in [-0.3, -0.25) is 19.6 Å². The third kappa shape index (κ3) is 6.13. The summed E-state index contributed by atoms with van der Waals surface area (Å²) in [6, 6.07) is 8.52. The Kier molecular flexibility index (Phi) is 7.85. The lowest BCUT2D eigenvalue weighted by Crippen LogP contribution is -2.58. The van der Waals surface area contributed by atoms with Gasteiger partial charge in [-0.05, 0) is 75.4 Å². The summed E-state index contributed by atoms with van der Waals surface area (Å²) in [6.07, 6.45) is 1.62. The number of nitrogens with one attached hydrogen (secondary N) is 1. The lowest BCUT2D eigenvalue weighted by atomic mass is 10.1. The zero-order chi connectivity index (χ0) is 28.6. The predicted molar refractivity (Wildman–Crippen MR) is 151 cm³/mol. The number of nitrogens with two attached hydrogens (primary N) is 2. The number of piperidine rings is 1. The van der Waals surface area contributed by atoms with Crippen LogP contribution < -0.4 is 27.2 Å². The third-order valence-corrected chi connectivity index (χ3v) is 8.13. The molecule has 2 aromatic rings. The smallest absolute Gasteiger partial charge is 0.354 e. The van der Waals surface area contributed by atoms with Crippen LogP contribution in [0.1, 0.15) is 20.8 Å². The Morgan fingerprint density at radius 1 is 1.07 bits per heavy atom. The van der Waals surface area contributed by atoms with E-state index in [1.807, 2.05) is 24.3 Å². The number of likely N-dealkylation sites (tertiary alicyclic amines) is 1. The van der Waals surface area contributed by atoms with Crippen molar-refractivity contribution in [3.8, 4) is 11.4 Å². The number of urea groups is 1. The minimum Gasteiger partial charge on any atom is -0.489 e. The van der Waals surface area contributed by atoms with Crippen molar-refractivity contribution in [3.05, 3.63) is 47.0 Å². The van der Waals surface area contributed by atoms with E-state index >= 15 is 0 Å². The van der Waals surface area contributed by atoms with E-state index < -0.39 is 11.2 Å². The van der Waals surface area contributed by atoms with E-state index in [9.17, 15) is 14.4 Å². The summed E-state index contributed by atoms with van der Waals surface area (Å²) in [5, 5.41) is 2.68. The number of benzene rings is 1. The summed E-state index contributed by atoms with van der Waals surface area (Å²) in [4.78, 5) is 47.5. The summed E-state index contributed by atoms with van der Waals surface area (Å²) < 4.78 is 7.52. The topological polar surface area (TPSA) is 152 Å². The summed E-state index contributed by atoms with van der Waals surface area (Å²) in [6.45, 7) is 10.8. The maximum atomic E-state index is 12.7. The van der Waals surface area contributed by atoms with Crippen molar-refractivity contribution < 1.29 is 14.3 Å². The molecule has 5 N–H and O–H groups in total. The van der Waals surface area contributed by atoms with Crippen LogP contribution in [-0.2, 0) is 4.79 Å². The SMILES string of the molecule is CC(CN1CC2C(CN)[C@@H]2C1)Oc1ccc(-n2ccc(NC(=O)N3CCN(C(=O)C(C)(C)N)CC3)nc2=O)cc1. The van der Waals surface area contributed by atoms with Crippen molar-refractivity contribution in [3.63, 3.8) is 0 Å². The van der Waals surface area contributed by atoms with Crippen molar-refractivity contribution in [2.45, 2.75) is 32.4 Å². The molecule has 1 aromatic heterocycles. The molecule has 2 aliphatic heterocycles. The Balaban J connectivity index is 1.11. The zero-order valence-electron chi connectivity index (χ0n) is 23.5. The van der Waals surface area contributed by atoms with Crippen LogP contribution in [0, 0.1) is 17.8 Å². The molecule has 1 aliphatic carbocycles. The predicted octanol–water partition coefficient (Wildman–Crippen LogP) is 0.550. The number of hydrogen-bond donors (Lipinski definition) is 3. The lowest BCUT2D eigenvalue weighted by Gasteiger charge is -2.37. The average Bonchev–Trinajstić information content (AvgIpc) is 3.40. The molecule has 12 nitrogen and oxygen atoms in total. The number of anilines is 1. The van der Waals surface area contributed by atoms with Crippen LogP contribution in [-0.4, -0.2) is 100 Å². The number of ether oxygens (including phenoxy) is 1. The highest BCUT2D eigenvalue weighted by molar-refractivity contribution is 5.89. The Hall–Kier alpha value is -3.48. The van der Waals surface area contributed by atoms with Crippen LogP contribution in [0.2, 0.25) is 0 Å². The minimum absolute atomic E-state index is 0.0444. The van der Waals surface area contributed by atoms with Crippen molar-refractivity contribution in [1.82, 2.24) is 24.3 Å². The number of nitrogens with zero attached hydrogens (tertiary/aromatic N) is 5. The molecule has 216 valence electrons. The molecule has 40 heavy (non-hydrogen) atoms. The molecule has 3 unspecified atom stereocenters. The molecule has 1 aromatic carbocycles. The van der Waals surface area contributed by atoms with Crippen LogP contribution in [0.5, 0.6) is 5.75 Å². The molecule has 0 bridgehead atoms. The largest absolute Gasteiger partial charge is 0.489 e. The van der Waals surface area contributed by atoms with E-state index in [-0.39, 0.29) is 23.9 Å². The van der Waals surface area contributed by atoms with Crippen molar-refractivity contribution in [2.75, 3.05) is 57.7 Å². The molecule has 1 saturated carbocycles. The van der Waals surface area contributed by atoms with Crippen LogP contribution in [0.15, 0.2) is 41.3 Å². The first-order valence-electron chi connectivity index (χ1n) is 14.0. The minimum atomic E-state index is -0.951. The molecule has 3 aliphatic rings. The van der Waals surface area contributed by atoms with Gasteiger partial charge >= 0.3 is 11.7 Å². The Labute approximate surface area is 234 Å². The molecule has 0 spiro atoms. The number of rotatable bonds is 8. The second-order valence-electron chi connectivity index (χ2n) is 11.8. The van der Waals surface area contributed by atoms with Crippen molar-refractivity contribution in [1.29, 1.82) is 0 Å². The number of carbonyl (C=O) groups is 2. The van der Waals surface area contributed by atoms with Gasteiger partial charge in [0.25, 0.3) is 0 Å². The van der Waals surface area contributed by atoms with Gasteiger partial charge in [0.15, 0.2) is 0 Å². The second kappa shape index (κ2) is 11.2. The molecular weight excluding hydrogens is 512 g/mol. The van der Waals surface area contributed by atoms with E-state index in [1.54, 1.807) is 35.9 Å². The standard InChI is InChI=1S/C28H40N8O4/c1-18(15-33-16-22-21(14-29)23(22)17-33)40-20-6-4-19(5-7-20)36-9-8-24(32-27(36)39)31-26(38)35-12-10-34(11-13-35)25(37)28(2,3)30/h4-9,18,21-23H,10-17,29-30H2,1-3H3,(H,31,32,38,39)/t18?,21?,22-,23?/m0/s1. The molecule has 5 rings (SSSR count). The Morgan fingerprint density at radius 2 is 1.70 bits per heavy atom. The van der Waals surface area contributed by atoms with Crippen molar-refractivity contribution in [2.24, 2.45) is 29.2 Å². The van der Waals surface area contributed by atoms with Crippen molar-refractivity contribution >= 4 is 17.8 Å². The lowest BCUT2D eigenvalue weighted by molar-refractivity contribution is -0.137. The van der Waals surface area contributed by atoms with E-state index in [2.05, 4.69) is 22.1 Å². The molecule has 12 heteroatoms. The first-order chi connectivity index (χ1) is 19.0. The quantitative estimate of drug-likeness (QED) is 0.429. The highest BCUT2D eigenvalue weighted by Crippen LogP contribution is 2.50. The third-order valence-electron chi connectivity index (χ3n) is 8.13. The molecule has 3 heterocycles. The Morgan fingerprint density at radius 3 is 2.27 bits per heavy atom.